The quantitative estimate of drug-likeness (QED) is 0.164. The van der Waals surface area contributed by atoms with Crippen LogP contribution in [0.4, 0.5) is 0 Å². The minimum absolute atomic E-state index is 0.925. The predicted octanol–water partition coefficient (Wildman–Crippen LogP) is 16.5. The van der Waals surface area contributed by atoms with Gasteiger partial charge in [0.2, 0.25) is 0 Å². The molecular formula is C61H40N2. The van der Waals surface area contributed by atoms with Crippen molar-refractivity contribution in [2.24, 2.45) is 0 Å². The lowest BCUT2D eigenvalue weighted by Gasteiger charge is -2.23. The van der Waals surface area contributed by atoms with Crippen LogP contribution < -0.4 is 0 Å². The zero-order valence-corrected chi connectivity index (χ0v) is 34.6. The molecule has 2 aromatic heterocycles. The monoisotopic (exact) mass is 800 g/mol. The summed E-state index contributed by atoms with van der Waals surface area (Å²) in [6.07, 6.45) is 8.47. The SMILES string of the molecule is C1=C(c2ccc3c4c(cccc24)-c2c-3c(-c3ccccc3)c3cc(-c4ccccc4)c(-c4ccccc4)cc3c2-c2ccccc2)CCC(n2c3ccccc3c3cccnc32)=C1. The second kappa shape index (κ2) is 14.3. The van der Waals surface area contributed by atoms with Crippen molar-refractivity contribution in [3.63, 3.8) is 0 Å². The van der Waals surface area contributed by atoms with Crippen molar-refractivity contribution < 1.29 is 0 Å². The Labute approximate surface area is 366 Å². The average Bonchev–Trinajstić information content (AvgIpc) is 3.88. The highest BCUT2D eigenvalue weighted by Gasteiger charge is 2.32. The van der Waals surface area contributed by atoms with Crippen molar-refractivity contribution in [3.8, 4) is 66.8 Å². The van der Waals surface area contributed by atoms with Crippen LogP contribution in [-0.2, 0) is 0 Å². The van der Waals surface area contributed by atoms with Gasteiger partial charge >= 0.3 is 0 Å². The summed E-state index contributed by atoms with van der Waals surface area (Å²) in [5.74, 6) is 0. The molecule has 13 rings (SSSR count). The van der Waals surface area contributed by atoms with Crippen molar-refractivity contribution in [2.75, 3.05) is 0 Å². The lowest BCUT2D eigenvalue weighted by molar-refractivity contribution is 0.984. The number of hydrogen-bond acceptors (Lipinski definition) is 1. The highest BCUT2D eigenvalue weighted by molar-refractivity contribution is 6.29. The Morgan fingerprint density at radius 2 is 0.873 bits per heavy atom. The molecule has 0 unspecified atom stereocenters. The first-order chi connectivity index (χ1) is 31.3. The van der Waals surface area contributed by atoms with Crippen LogP contribution in [0.3, 0.4) is 0 Å². The second-order valence-electron chi connectivity index (χ2n) is 16.9. The fraction of sp³-hybridized carbons (Fsp3) is 0.0328. The van der Waals surface area contributed by atoms with Gasteiger partial charge in [-0.05, 0) is 149 Å². The van der Waals surface area contributed by atoms with E-state index in [1.165, 1.54) is 121 Å². The molecule has 0 saturated heterocycles. The average molecular weight is 801 g/mol. The maximum absolute atomic E-state index is 4.88. The van der Waals surface area contributed by atoms with E-state index in [9.17, 15) is 0 Å². The molecule has 2 heterocycles. The Hall–Kier alpha value is -8.07. The third-order valence-corrected chi connectivity index (χ3v) is 13.5. The van der Waals surface area contributed by atoms with Crippen LogP contribution in [0.2, 0.25) is 0 Å². The molecule has 0 N–H and O–H groups in total. The smallest absolute Gasteiger partial charge is 0.145 e. The van der Waals surface area contributed by atoms with Crippen molar-refractivity contribution in [2.45, 2.75) is 12.8 Å². The number of benzene rings is 9. The summed E-state index contributed by atoms with van der Waals surface area (Å²) in [5.41, 5.74) is 21.3. The lowest BCUT2D eigenvalue weighted by atomic mass is 9.80. The van der Waals surface area contributed by atoms with Gasteiger partial charge in [-0.25, -0.2) is 4.98 Å². The third kappa shape index (κ3) is 5.48. The molecular weight excluding hydrogens is 761 g/mol. The van der Waals surface area contributed by atoms with Gasteiger partial charge in [0.1, 0.15) is 5.65 Å². The Kier molecular flexibility index (Phi) is 8.07. The van der Waals surface area contributed by atoms with E-state index < -0.39 is 0 Å². The Morgan fingerprint density at radius 1 is 0.349 bits per heavy atom. The number of rotatable bonds is 6. The summed E-state index contributed by atoms with van der Waals surface area (Å²) < 4.78 is 2.37. The van der Waals surface area contributed by atoms with E-state index in [1.807, 2.05) is 12.3 Å². The van der Waals surface area contributed by atoms with E-state index in [2.05, 4.69) is 211 Å². The highest BCUT2D eigenvalue weighted by atomic mass is 15.1. The van der Waals surface area contributed by atoms with Crippen molar-refractivity contribution >= 4 is 54.8 Å². The predicted molar refractivity (Wildman–Crippen MR) is 266 cm³/mol. The molecule has 0 atom stereocenters. The molecule has 0 amide bonds. The highest BCUT2D eigenvalue weighted by Crippen LogP contribution is 2.59. The molecule has 11 aromatic rings. The molecule has 63 heavy (non-hydrogen) atoms. The molecule has 0 radical (unpaired) electrons. The minimum Gasteiger partial charge on any atom is -0.298 e. The lowest BCUT2D eigenvalue weighted by Crippen LogP contribution is -2.02. The standard InChI is InChI=1S/C61H40N2/c1-5-17-39(18-6-1)51-37-53-54(38-52(51)40-19-7-2-8-20-40)57(43-23-11-4-12-24-43)60-50-35-34-45(47-26-15-27-49(58(47)50)59(60)56(53)42-21-9-3-10-22-42)41-30-32-44(33-31-41)63-55-29-14-13-25-46(55)48-28-16-36-62-61(48)63/h1-30,32,34-38H,31,33H2. The molecule has 0 saturated carbocycles. The van der Waals surface area contributed by atoms with Gasteiger partial charge in [0.05, 0.1) is 5.52 Å². The largest absolute Gasteiger partial charge is 0.298 e. The van der Waals surface area contributed by atoms with Crippen LogP contribution in [0.15, 0.2) is 219 Å². The molecule has 0 fully saturated rings. The van der Waals surface area contributed by atoms with Gasteiger partial charge in [-0.2, -0.15) is 0 Å². The van der Waals surface area contributed by atoms with Crippen LogP contribution in [0.1, 0.15) is 18.4 Å². The first kappa shape index (κ1) is 35.7. The molecule has 0 aliphatic heterocycles. The summed E-state index contributed by atoms with van der Waals surface area (Å²) in [5, 5.41) is 7.60. The Morgan fingerprint density at radius 3 is 1.48 bits per heavy atom. The summed E-state index contributed by atoms with van der Waals surface area (Å²) >= 11 is 0. The summed E-state index contributed by atoms with van der Waals surface area (Å²) in [7, 11) is 0. The number of pyridine rings is 1. The fourth-order valence-electron chi connectivity index (χ4n) is 10.8. The fourth-order valence-corrected chi connectivity index (χ4v) is 10.8. The molecule has 0 bridgehead atoms. The molecule has 294 valence electrons. The first-order valence-electron chi connectivity index (χ1n) is 22.0. The van der Waals surface area contributed by atoms with Gasteiger partial charge in [0.15, 0.2) is 0 Å². The molecule has 2 aliphatic rings. The molecule has 9 aromatic carbocycles. The number of hydrogen-bond donors (Lipinski definition) is 0. The topological polar surface area (TPSA) is 17.8 Å². The van der Waals surface area contributed by atoms with Crippen LogP contribution in [0.5, 0.6) is 0 Å². The molecule has 2 heteroatoms. The number of para-hydroxylation sites is 1. The van der Waals surface area contributed by atoms with E-state index in [-0.39, 0.29) is 0 Å². The zero-order valence-electron chi connectivity index (χ0n) is 34.6. The maximum Gasteiger partial charge on any atom is 0.145 e. The Bertz CT molecular complexity index is 3500. The normalized spacial score (nSPS) is 13.1. The number of fused-ring (bicyclic) bond motifs is 7. The van der Waals surface area contributed by atoms with E-state index in [4.69, 9.17) is 4.98 Å². The van der Waals surface area contributed by atoms with Crippen LogP contribution in [0, 0.1) is 0 Å². The maximum atomic E-state index is 4.88. The van der Waals surface area contributed by atoms with Crippen molar-refractivity contribution in [1.29, 1.82) is 0 Å². The summed E-state index contributed by atoms with van der Waals surface area (Å²) in [6, 6.07) is 73.7. The van der Waals surface area contributed by atoms with Crippen molar-refractivity contribution in [3.05, 3.63) is 224 Å². The van der Waals surface area contributed by atoms with Crippen molar-refractivity contribution in [1.82, 2.24) is 9.55 Å². The second-order valence-corrected chi connectivity index (χ2v) is 16.9. The van der Waals surface area contributed by atoms with Crippen LogP contribution in [0.25, 0.3) is 122 Å². The van der Waals surface area contributed by atoms with Gasteiger partial charge in [-0.1, -0.05) is 176 Å². The van der Waals surface area contributed by atoms with E-state index in [0.29, 0.717) is 0 Å². The zero-order chi connectivity index (χ0) is 41.4. The van der Waals surface area contributed by atoms with E-state index in [1.54, 1.807) is 0 Å². The Balaban J connectivity index is 1.08. The number of allylic oxidation sites excluding steroid dienone is 4. The van der Waals surface area contributed by atoms with Gasteiger partial charge < -0.3 is 0 Å². The number of aromatic nitrogens is 2. The third-order valence-electron chi connectivity index (χ3n) is 13.5. The van der Waals surface area contributed by atoms with Crippen LogP contribution in [-0.4, -0.2) is 9.55 Å². The van der Waals surface area contributed by atoms with Gasteiger partial charge in [0.25, 0.3) is 0 Å². The number of nitrogens with zero attached hydrogens (tertiary/aromatic N) is 2. The van der Waals surface area contributed by atoms with Gasteiger partial charge in [0, 0.05) is 22.7 Å². The molecule has 2 aliphatic carbocycles. The summed E-state index contributed by atoms with van der Waals surface area (Å²) in [4.78, 5) is 4.88. The molecule has 0 spiro atoms. The van der Waals surface area contributed by atoms with Gasteiger partial charge in [-0.3, -0.25) is 4.57 Å². The summed E-state index contributed by atoms with van der Waals surface area (Å²) in [6.45, 7) is 0. The van der Waals surface area contributed by atoms with E-state index >= 15 is 0 Å². The minimum atomic E-state index is 0.925. The van der Waals surface area contributed by atoms with E-state index in [0.717, 1.165) is 18.5 Å². The molecule has 2 nitrogen and oxygen atoms in total. The van der Waals surface area contributed by atoms with Crippen LogP contribution >= 0.6 is 0 Å². The first-order valence-corrected chi connectivity index (χ1v) is 22.0. The van der Waals surface area contributed by atoms with Gasteiger partial charge in [-0.15, -0.1) is 0 Å².